The molecule has 0 saturated carbocycles. The Bertz CT molecular complexity index is 330. The number of pyridine rings is 1. The molecule has 0 spiro atoms. The molecule has 14 heavy (non-hydrogen) atoms. The largest absolute Gasteiger partial charge is 0.323 e. The smallest absolute Gasteiger partial charge is 0.228 e. The minimum absolute atomic E-state index is 0.157. The molecule has 0 radical (unpaired) electrons. The van der Waals surface area contributed by atoms with E-state index in [-0.39, 0.29) is 17.7 Å². The topological polar surface area (TPSA) is 42.0 Å². The first-order chi connectivity index (χ1) is 6.65. The van der Waals surface area contributed by atoms with Gasteiger partial charge in [-0.15, -0.1) is 11.6 Å². The van der Waals surface area contributed by atoms with E-state index >= 15 is 0 Å². The fraction of sp³-hybridized carbons (Fsp3) is 0.333. The lowest BCUT2D eigenvalue weighted by Crippen LogP contribution is -2.21. The van der Waals surface area contributed by atoms with Crippen molar-refractivity contribution in [1.29, 1.82) is 0 Å². The first kappa shape index (κ1) is 11.3. The lowest BCUT2D eigenvalue weighted by Gasteiger charge is -2.09. The molecule has 1 amide bonds. The van der Waals surface area contributed by atoms with E-state index in [1.54, 1.807) is 19.2 Å². The molecule has 1 rings (SSSR count). The zero-order valence-electron chi connectivity index (χ0n) is 7.63. The SMILES string of the molecule is CC(CCl)C(=O)Nc1cnccc1Cl. The molecule has 0 aromatic carbocycles. The van der Waals surface area contributed by atoms with Crippen LogP contribution in [0.1, 0.15) is 6.92 Å². The van der Waals surface area contributed by atoms with Crippen LogP contribution in [0.25, 0.3) is 0 Å². The number of amides is 1. The van der Waals surface area contributed by atoms with Gasteiger partial charge < -0.3 is 5.32 Å². The maximum absolute atomic E-state index is 11.4. The summed E-state index contributed by atoms with van der Waals surface area (Å²) >= 11 is 11.4. The Balaban J connectivity index is 2.70. The van der Waals surface area contributed by atoms with Crippen molar-refractivity contribution in [2.24, 2.45) is 5.92 Å². The van der Waals surface area contributed by atoms with Crippen molar-refractivity contribution in [3.8, 4) is 0 Å². The number of nitrogens with zero attached hydrogens (tertiary/aromatic N) is 1. The highest BCUT2D eigenvalue weighted by Gasteiger charge is 2.12. The molecular formula is C9H10Cl2N2O. The maximum atomic E-state index is 11.4. The average molecular weight is 233 g/mol. The van der Waals surface area contributed by atoms with E-state index in [9.17, 15) is 4.79 Å². The van der Waals surface area contributed by atoms with Crippen LogP contribution in [0.15, 0.2) is 18.5 Å². The van der Waals surface area contributed by atoms with Gasteiger partial charge in [-0.3, -0.25) is 9.78 Å². The fourth-order valence-electron chi connectivity index (χ4n) is 0.795. The summed E-state index contributed by atoms with van der Waals surface area (Å²) in [6.07, 6.45) is 3.06. The molecule has 0 aliphatic heterocycles. The highest BCUT2D eigenvalue weighted by Crippen LogP contribution is 2.19. The lowest BCUT2D eigenvalue weighted by molar-refractivity contribution is -0.118. The van der Waals surface area contributed by atoms with E-state index in [1.165, 1.54) is 6.20 Å². The zero-order valence-corrected chi connectivity index (χ0v) is 9.14. The lowest BCUT2D eigenvalue weighted by atomic mass is 10.2. The van der Waals surface area contributed by atoms with Crippen LogP contribution in [0.2, 0.25) is 5.02 Å². The molecule has 1 aromatic heterocycles. The van der Waals surface area contributed by atoms with Gasteiger partial charge in [0, 0.05) is 18.0 Å². The molecule has 1 unspecified atom stereocenters. The number of alkyl halides is 1. The molecular weight excluding hydrogens is 223 g/mol. The van der Waals surface area contributed by atoms with Crippen LogP contribution >= 0.6 is 23.2 Å². The van der Waals surface area contributed by atoms with Crippen molar-refractivity contribution >= 4 is 34.8 Å². The summed E-state index contributed by atoms with van der Waals surface area (Å²) in [5.41, 5.74) is 0.510. The summed E-state index contributed by atoms with van der Waals surface area (Å²) in [5, 5.41) is 3.11. The third-order valence-corrected chi connectivity index (χ3v) is 2.50. The second-order valence-electron chi connectivity index (χ2n) is 2.90. The van der Waals surface area contributed by atoms with Gasteiger partial charge in [-0.2, -0.15) is 0 Å². The number of rotatable bonds is 3. The molecule has 0 aliphatic rings. The third-order valence-electron chi connectivity index (χ3n) is 1.70. The first-order valence-corrected chi connectivity index (χ1v) is 5.02. The first-order valence-electron chi connectivity index (χ1n) is 4.11. The molecule has 1 heterocycles. The maximum Gasteiger partial charge on any atom is 0.228 e. The molecule has 5 heteroatoms. The highest BCUT2D eigenvalue weighted by molar-refractivity contribution is 6.33. The van der Waals surface area contributed by atoms with Crippen LogP contribution in [-0.2, 0) is 4.79 Å². The number of hydrogen-bond acceptors (Lipinski definition) is 2. The van der Waals surface area contributed by atoms with Crippen molar-refractivity contribution in [2.45, 2.75) is 6.92 Å². The Morgan fingerprint density at radius 3 is 3.00 bits per heavy atom. The van der Waals surface area contributed by atoms with Crippen molar-refractivity contribution in [3.63, 3.8) is 0 Å². The molecule has 3 nitrogen and oxygen atoms in total. The van der Waals surface area contributed by atoms with Gasteiger partial charge in [-0.05, 0) is 6.07 Å². The van der Waals surface area contributed by atoms with E-state index in [0.29, 0.717) is 10.7 Å². The monoisotopic (exact) mass is 232 g/mol. The summed E-state index contributed by atoms with van der Waals surface area (Å²) in [6.45, 7) is 1.74. The van der Waals surface area contributed by atoms with E-state index in [0.717, 1.165) is 0 Å². The normalized spacial score (nSPS) is 12.2. The molecule has 1 atom stereocenters. The molecule has 0 aliphatic carbocycles. The molecule has 76 valence electrons. The van der Waals surface area contributed by atoms with E-state index in [1.807, 2.05) is 0 Å². The Hall–Kier alpha value is -0.800. The number of halogens is 2. The van der Waals surface area contributed by atoms with Crippen LogP contribution in [0.4, 0.5) is 5.69 Å². The predicted octanol–water partition coefficient (Wildman–Crippen LogP) is 2.55. The van der Waals surface area contributed by atoms with E-state index < -0.39 is 0 Å². The summed E-state index contributed by atoms with van der Waals surface area (Å²) in [5.74, 6) is -0.119. The number of hydrogen-bond donors (Lipinski definition) is 1. The zero-order chi connectivity index (χ0) is 10.6. The number of nitrogens with one attached hydrogen (secondary N) is 1. The van der Waals surface area contributed by atoms with Gasteiger partial charge >= 0.3 is 0 Å². The minimum Gasteiger partial charge on any atom is -0.323 e. The number of anilines is 1. The van der Waals surface area contributed by atoms with Crippen LogP contribution in [-0.4, -0.2) is 16.8 Å². The number of carbonyl (C=O) groups excluding carboxylic acids is 1. The molecule has 1 aromatic rings. The second kappa shape index (κ2) is 5.17. The van der Waals surface area contributed by atoms with E-state index in [4.69, 9.17) is 23.2 Å². The van der Waals surface area contributed by atoms with Crippen molar-refractivity contribution < 1.29 is 4.79 Å². The van der Waals surface area contributed by atoms with Crippen LogP contribution in [0.3, 0.4) is 0 Å². The quantitative estimate of drug-likeness (QED) is 0.815. The minimum atomic E-state index is -0.243. The molecule has 1 N–H and O–H groups in total. The van der Waals surface area contributed by atoms with Crippen LogP contribution in [0, 0.1) is 5.92 Å². The van der Waals surface area contributed by atoms with Crippen molar-refractivity contribution in [1.82, 2.24) is 4.98 Å². The van der Waals surface area contributed by atoms with Gasteiger partial charge in [0.2, 0.25) is 5.91 Å². The summed E-state index contributed by atoms with van der Waals surface area (Å²) in [7, 11) is 0. The van der Waals surface area contributed by atoms with Crippen LogP contribution < -0.4 is 5.32 Å². The Labute approximate surface area is 92.4 Å². The van der Waals surface area contributed by atoms with Crippen molar-refractivity contribution in [2.75, 3.05) is 11.2 Å². The highest BCUT2D eigenvalue weighted by atomic mass is 35.5. The Morgan fingerprint density at radius 2 is 2.43 bits per heavy atom. The van der Waals surface area contributed by atoms with Gasteiger partial charge in [-0.25, -0.2) is 0 Å². The van der Waals surface area contributed by atoms with Gasteiger partial charge in [0.05, 0.1) is 16.9 Å². The van der Waals surface area contributed by atoms with Crippen molar-refractivity contribution in [3.05, 3.63) is 23.5 Å². The number of aromatic nitrogens is 1. The van der Waals surface area contributed by atoms with Gasteiger partial charge in [0.15, 0.2) is 0 Å². The van der Waals surface area contributed by atoms with E-state index in [2.05, 4.69) is 10.3 Å². The Morgan fingerprint density at radius 1 is 1.71 bits per heavy atom. The second-order valence-corrected chi connectivity index (χ2v) is 3.62. The number of carbonyl (C=O) groups is 1. The summed E-state index contributed by atoms with van der Waals surface area (Å²) < 4.78 is 0. The summed E-state index contributed by atoms with van der Waals surface area (Å²) in [6, 6.07) is 1.61. The summed E-state index contributed by atoms with van der Waals surface area (Å²) in [4.78, 5) is 15.3. The third kappa shape index (κ3) is 2.86. The van der Waals surface area contributed by atoms with Gasteiger partial charge in [0.25, 0.3) is 0 Å². The molecule has 0 saturated heterocycles. The average Bonchev–Trinajstić information content (AvgIpc) is 2.20. The predicted molar refractivity (Wildman–Crippen MR) is 57.8 cm³/mol. The fourth-order valence-corrected chi connectivity index (χ4v) is 1.09. The van der Waals surface area contributed by atoms with Gasteiger partial charge in [-0.1, -0.05) is 18.5 Å². The van der Waals surface area contributed by atoms with Crippen LogP contribution in [0.5, 0.6) is 0 Å². The molecule has 0 bridgehead atoms. The standard InChI is InChI=1S/C9H10Cl2N2O/c1-6(4-10)9(14)13-8-5-12-3-2-7(8)11/h2-3,5-6H,4H2,1H3,(H,13,14). The molecule has 0 fully saturated rings. The van der Waals surface area contributed by atoms with Gasteiger partial charge in [0.1, 0.15) is 0 Å². The Kier molecular flexibility index (Phi) is 4.17.